The van der Waals surface area contributed by atoms with Gasteiger partial charge in [0, 0.05) is 5.92 Å². The molecule has 5 nitrogen and oxygen atoms in total. The highest BCUT2D eigenvalue weighted by Crippen LogP contribution is 2.27. The summed E-state index contributed by atoms with van der Waals surface area (Å²) in [7, 11) is 1.60. The number of benzene rings is 1. The van der Waals surface area contributed by atoms with Gasteiger partial charge in [-0.3, -0.25) is 0 Å². The fourth-order valence-electron chi connectivity index (χ4n) is 2.44. The summed E-state index contributed by atoms with van der Waals surface area (Å²) in [6.07, 6.45) is 3.03. The summed E-state index contributed by atoms with van der Waals surface area (Å²) < 4.78 is 10.5. The molecule has 24 heavy (non-hydrogen) atoms. The maximum atomic E-state index is 12.2. The second-order valence-electron chi connectivity index (χ2n) is 6.84. The molecule has 1 aromatic carbocycles. The predicted octanol–water partition coefficient (Wildman–Crippen LogP) is 4.27. The van der Waals surface area contributed by atoms with Crippen LogP contribution in [0, 0.1) is 5.92 Å². The zero-order chi connectivity index (χ0) is 18.2. The normalized spacial score (nSPS) is 13.7. The summed E-state index contributed by atoms with van der Waals surface area (Å²) >= 11 is 0. The number of hydrogen-bond donors (Lipinski definition) is 1. The molecule has 0 bridgehead atoms. The van der Waals surface area contributed by atoms with E-state index in [-0.39, 0.29) is 5.92 Å². The van der Waals surface area contributed by atoms with Crippen LogP contribution < -0.4 is 10.1 Å². The van der Waals surface area contributed by atoms with Gasteiger partial charge in [0.05, 0.1) is 13.2 Å². The highest BCUT2D eigenvalue weighted by molar-refractivity contribution is 5.69. The molecule has 2 atom stereocenters. The average Bonchev–Trinajstić information content (AvgIpc) is 2.52. The number of aldehydes is 1. The minimum atomic E-state index is -0.589. The Morgan fingerprint density at radius 2 is 1.88 bits per heavy atom. The van der Waals surface area contributed by atoms with Crippen molar-refractivity contribution >= 4 is 12.4 Å². The lowest BCUT2D eigenvalue weighted by Gasteiger charge is -2.27. The molecule has 1 N–H and O–H groups in total. The van der Waals surface area contributed by atoms with Gasteiger partial charge in [-0.25, -0.2) is 4.79 Å². The van der Waals surface area contributed by atoms with Crippen molar-refractivity contribution in [1.29, 1.82) is 0 Å². The first kappa shape index (κ1) is 20.0. The van der Waals surface area contributed by atoms with Gasteiger partial charge >= 0.3 is 6.09 Å². The van der Waals surface area contributed by atoms with Gasteiger partial charge in [-0.15, -0.1) is 0 Å². The maximum Gasteiger partial charge on any atom is 0.408 e. The smallest absolute Gasteiger partial charge is 0.408 e. The minimum absolute atomic E-state index is 0.300. The summed E-state index contributed by atoms with van der Waals surface area (Å²) in [4.78, 5) is 23.8. The maximum absolute atomic E-state index is 12.2. The number of hydrogen-bond acceptors (Lipinski definition) is 4. The van der Waals surface area contributed by atoms with Crippen LogP contribution in [-0.4, -0.2) is 25.1 Å². The number of carbonyl (C=O) groups is 2. The predicted molar refractivity (Wildman–Crippen MR) is 94.2 cm³/mol. The van der Waals surface area contributed by atoms with Crippen molar-refractivity contribution in [3.63, 3.8) is 0 Å². The SMILES string of the molecule is CCCC[C@@H](C=O)[C@H](NC(=O)OC(C)(C)C)c1ccc(OC)cc1. The molecule has 0 saturated carbocycles. The molecular formula is C19H29NO4. The Kier molecular flexibility index (Phi) is 7.75. The first-order valence-electron chi connectivity index (χ1n) is 8.39. The standard InChI is InChI=1S/C19H29NO4/c1-6-7-8-15(13-21)17(20-18(22)24-19(2,3)4)14-9-11-16(23-5)12-10-14/h9-13,15,17H,6-8H2,1-5H3,(H,20,22)/t15-,17+/m0/s1. The van der Waals surface area contributed by atoms with Crippen LogP contribution in [-0.2, 0) is 9.53 Å². The molecule has 0 aliphatic carbocycles. The van der Waals surface area contributed by atoms with Gasteiger partial charge in [0.2, 0.25) is 0 Å². The number of methoxy groups -OCH3 is 1. The van der Waals surface area contributed by atoms with Gasteiger partial charge in [0.25, 0.3) is 0 Å². The highest BCUT2D eigenvalue weighted by atomic mass is 16.6. The van der Waals surface area contributed by atoms with Crippen LogP contribution in [0.25, 0.3) is 0 Å². The van der Waals surface area contributed by atoms with Crippen LogP contribution in [0.1, 0.15) is 58.6 Å². The van der Waals surface area contributed by atoms with Gasteiger partial charge in [0.1, 0.15) is 17.6 Å². The quantitative estimate of drug-likeness (QED) is 0.721. The Balaban J connectivity index is 3.00. The van der Waals surface area contributed by atoms with E-state index in [1.807, 2.05) is 45.0 Å². The van der Waals surface area contributed by atoms with Crippen LogP contribution in [0.5, 0.6) is 5.75 Å². The number of rotatable bonds is 8. The molecule has 1 amide bonds. The van der Waals surface area contributed by atoms with E-state index >= 15 is 0 Å². The molecule has 0 aromatic heterocycles. The number of alkyl carbamates (subject to hydrolysis) is 1. The van der Waals surface area contributed by atoms with E-state index in [2.05, 4.69) is 12.2 Å². The third kappa shape index (κ3) is 6.60. The summed E-state index contributed by atoms with van der Waals surface area (Å²) in [5, 5.41) is 2.85. The third-order valence-corrected chi connectivity index (χ3v) is 3.64. The number of nitrogens with one attached hydrogen (secondary N) is 1. The van der Waals surface area contributed by atoms with Crippen LogP contribution >= 0.6 is 0 Å². The molecule has 0 spiro atoms. The van der Waals surface area contributed by atoms with Crippen molar-refractivity contribution in [1.82, 2.24) is 5.32 Å². The molecule has 1 rings (SSSR count). The highest BCUT2D eigenvalue weighted by Gasteiger charge is 2.27. The van der Waals surface area contributed by atoms with Gasteiger partial charge in [-0.2, -0.15) is 0 Å². The zero-order valence-corrected chi connectivity index (χ0v) is 15.3. The summed E-state index contributed by atoms with van der Waals surface area (Å²) in [5.41, 5.74) is 0.268. The Hall–Kier alpha value is -2.04. The molecule has 0 radical (unpaired) electrons. The fraction of sp³-hybridized carbons (Fsp3) is 0.579. The number of carbonyl (C=O) groups excluding carboxylic acids is 2. The van der Waals surface area contributed by atoms with E-state index in [0.717, 1.165) is 30.4 Å². The number of unbranched alkanes of at least 4 members (excludes halogenated alkanes) is 1. The molecule has 0 aliphatic heterocycles. The molecule has 5 heteroatoms. The van der Waals surface area contributed by atoms with Crippen molar-refractivity contribution in [3.8, 4) is 5.75 Å². The first-order chi connectivity index (χ1) is 11.3. The van der Waals surface area contributed by atoms with Crippen LogP contribution in [0.2, 0.25) is 0 Å². The van der Waals surface area contributed by atoms with Crippen LogP contribution in [0.4, 0.5) is 4.79 Å². The van der Waals surface area contributed by atoms with Gasteiger partial charge in [0.15, 0.2) is 0 Å². The van der Waals surface area contributed by atoms with E-state index < -0.39 is 17.7 Å². The monoisotopic (exact) mass is 335 g/mol. The van der Waals surface area contributed by atoms with E-state index in [1.165, 1.54) is 0 Å². The average molecular weight is 335 g/mol. The van der Waals surface area contributed by atoms with Crippen molar-refractivity contribution in [3.05, 3.63) is 29.8 Å². The summed E-state index contributed by atoms with van der Waals surface area (Å²) in [6.45, 7) is 7.50. The van der Waals surface area contributed by atoms with Gasteiger partial charge in [-0.1, -0.05) is 31.9 Å². The van der Waals surface area contributed by atoms with E-state index in [9.17, 15) is 9.59 Å². The Labute approximate surface area is 144 Å². The van der Waals surface area contributed by atoms with Gasteiger partial charge in [-0.05, 0) is 44.9 Å². The van der Waals surface area contributed by atoms with Gasteiger partial charge < -0.3 is 19.6 Å². The fourth-order valence-corrected chi connectivity index (χ4v) is 2.44. The molecule has 134 valence electrons. The lowest BCUT2D eigenvalue weighted by atomic mass is 9.90. The lowest BCUT2D eigenvalue weighted by Crippen LogP contribution is -2.38. The topological polar surface area (TPSA) is 64.6 Å². The molecule has 1 aromatic rings. The van der Waals surface area contributed by atoms with E-state index in [0.29, 0.717) is 6.42 Å². The summed E-state index contributed by atoms with van der Waals surface area (Å²) in [6, 6.07) is 6.95. The van der Waals surface area contributed by atoms with Crippen molar-refractivity contribution < 1.29 is 19.1 Å². The molecule has 0 unspecified atom stereocenters. The second kappa shape index (κ2) is 9.30. The molecule has 0 aliphatic rings. The number of ether oxygens (including phenoxy) is 2. The lowest BCUT2D eigenvalue weighted by molar-refractivity contribution is -0.112. The molecule has 0 heterocycles. The van der Waals surface area contributed by atoms with E-state index in [4.69, 9.17) is 9.47 Å². The first-order valence-corrected chi connectivity index (χ1v) is 8.39. The number of amides is 1. The van der Waals surface area contributed by atoms with E-state index in [1.54, 1.807) is 7.11 Å². The summed E-state index contributed by atoms with van der Waals surface area (Å²) in [5.74, 6) is 0.428. The van der Waals surface area contributed by atoms with Crippen LogP contribution in [0.3, 0.4) is 0 Å². The molecular weight excluding hydrogens is 306 g/mol. The minimum Gasteiger partial charge on any atom is -0.497 e. The van der Waals surface area contributed by atoms with Crippen molar-refractivity contribution in [2.45, 2.75) is 58.6 Å². The Bertz CT molecular complexity index is 519. The Morgan fingerprint density at radius 1 is 1.25 bits per heavy atom. The van der Waals surface area contributed by atoms with Crippen LogP contribution in [0.15, 0.2) is 24.3 Å². The van der Waals surface area contributed by atoms with Crippen molar-refractivity contribution in [2.75, 3.05) is 7.11 Å². The molecule has 0 saturated heterocycles. The second-order valence-corrected chi connectivity index (χ2v) is 6.84. The zero-order valence-electron chi connectivity index (χ0n) is 15.3. The van der Waals surface area contributed by atoms with Crippen molar-refractivity contribution in [2.24, 2.45) is 5.92 Å². The largest absolute Gasteiger partial charge is 0.497 e. The molecule has 0 fully saturated rings. The Morgan fingerprint density at radius 3 is 2.33 bits per heavy atom. The third-order valence-electron chi connectivity index (χ3n) is 3.64.